The molecule has 0 spiro atoms. The van der Waals surface area contributed by atoms with Crippen LogP contribution in [0.1, 0.15) is 0 Å². The Morgan fingerprint density at radius 2 is 0.812 bits per heavy atom. The van der Waals surface area contributed by atoms with Gasteiger partial charge in [-0.05, 0) is 93.7 Å². The Bertz CT molecular complexity index is 338. The van der Waals surface area contributed by atoms with Crippen molar-refractivity contribution in [2.24, 2.45) is 0 Å². The zero-order valence-corrected chi connectivity index (χ0v) is 12.4. The number of benzene rings is 2. The van der Waals surface area contributed by atoms with Gasteiger partial charge in [0, 0.05) is 7.14 Å². The molecule has 0 unspecified atom stereocenters. The molecular weight excluding hydrogens is 436 g/mol. The van der Waals surface area contributed by atoms with Crippen molar-refractivity contribution in [3.8, 4) is 0 Å². The summed E-state index contributed by atoms with van der Waals surface area (Å²) in [5.41, 5.74) is 0. The van der Waals surface area contributed by atoms with Crippen molar-refractivity contribution in [1.29, 1.82) is 0 Å². The topological polar surface area (TPSA) is 0 Å². The second kappa shape index (κ2) is 7.16. The minimum atomic E-state index is -0.176. The third-order valence-corrected chi connectivity index (χ3v) is 3.05. The lowest BCUT2D eigenvalue weighted by Gasteiger charge is -1.85. The molecule has 0 aliphatic heterocycles. The summed E-state index contributed by atoms with van der Waals surface area (Å²) in [6, 6.07) is 12.7. The van der Waals surface area contributed by atoms with Crippen LogP contribution in [0.5, 0.6) is 0 Å². The van der Waals surface area contributed by atoms with Gasteiger partial charge in [0.2, 0.25) is 0 Å². The fourth-order valence-corrected chi connectivity index (χ4v) is 1.58. The molecule has 0 aliphatic carbocycles. The van der Waals surface area contributed by atoms with Gasteiger partial charge in [-0.2, -0.15) is 0 Å². The molecule has 0 bridgehead atoms. The molecule has 0 saturated heterocycles. The molecule has 16 heavy (non-hydrogen) atoms. The first kappa shape index (κ1) is 13.8. The molecule has 2 rings (SSSR count). The molecule has 0 fully saturated rings. The van der Waals surface area contributed by atoms with Gasteiger partial charge in [0.15, 0.2) is 0 Å². The number of hydrogen-bond donors (Lipinski definition) is 0. The Morgan fingerprint density at radius 3 is 1.00 bits per heavy atom. The lowest BCUT2D eigenvalue weighted by molar-refractivity contribution is 0.627. The summed E-state index contributed by atoms with van der Waals surface area (Å²) in [5, 5.41) is 0. The summed E-state index contributed by atoms with van der Waals surface area (Å²) in [6.07, 6.45) is 0. The number of rotatable bonds is 0. The molecule has 0 atom stereocenters. The normalized spacial score (nSPS) is 9.25. The molecule has 0 radical (unpaired) electrons. The molecule has 0 saturated carbocycles. The predicted octanol–water partition coefficient (Wildman–Crippen LogP) is 4.86. The highest BCUT2D eigenvalue weighted by Gasteiger charge is 1.85. The Kier molecular flexibility index (Phi) is 6.18. The van der Waals surface area contributed by atoms with Gasteiger partial charge >= 0.3 is 0 Å². The highest BCUT2D eigenvalue weighted by molar-refractivity contribution is 14.1. The molecule has 0 N–H and O–H groups in total. The molecule has 2 aromatic carbocycles. The van der Waals surface area contributed by atoms with Crippen molar-refractivity contribution in [3.63, 3.8) is 0 Å². The number of halogens is 4. The van der Waals surface area contributed by atoms with Gasteiger partial charge in [0.25, 0.3) is 0 Å². The standard InChI is InChI=1S/2C6H4FI/c2*7-5-1-3-6(8)4-2-5/h2*1-4H. The zero-order chi connectivity index (χ0) is 12.0. The van der Waals surface area contributed by atoms with Gasteiger partial charge in [-0.1, -0.05) is 0 Å². The van der Waals surface area contributed by atoms with E-state index in [1.807, 2.05) is 0 Å². The van der Waals surface area contributed by atoms with Crippen molar-refractivity contribution < 1.29 is 8.78 Å². The zero-order valence-electron chi connectivity index (χ0n) is 8.13. The van der Waals surface area contributed by atoms with E-state index in [0.29, 0.717) is 0 Å². The summed E-state index contributed by atoms with van der Waals surface area (Å²) >= 11 is 4.26. The first-order valence-electron chi connectivity index (χ1n) is 4.40. The van der Waals surface area contributed by atoms with Gasteiger partial charge in [0.05, 0.1) is 0 Å². The van der Waals surface area contributed by atoms with Crippen LogP contribution in [0.25, 0.3) is 0 Å². The lowest BCUT2D eigenvalue weighted by atomic mass is 10.4. The average Bonchev–Trinajstić information content (AvgIpc) is 2.28. The first-order valence-corrected chi connectivity index (χ1v) is 6.56. The molecule has 0 aromatic heterocycles. The molecule has 0 aliphatic rings. The van der Waals surface area contributed by atoms with E-state index in [4.69, 9.17) is 0 Å². The monoisotopic (exact) mass is 444 g/mol. The molecule has 4 heteroatoms. The Balaban J connectivity index is 0.000000160. The quantitative estimate of drug-likeness (QED) is 0.510. The Hall–Kier alpha value is -0.240. The molecule has 0 heterocycles. The van der Waals surface area contributed by atoms with Crippen LogP contribution in [0.15, 0.2) is 48.5 Å². The van der Waals surface area contributed by atoms with Crippen LogP contribution in [0.3, 0.4) is 0 Å². The van der Waals surface area contributed by atoms with E-state index >= 15 is 0 Å². The summed E-state index contributed by atoms with van der Waals surface area (Å²) in [6.45, 7) is 0. The highest BCUT2D eigenvalue weighted by Crippen LogP contribution is 2.04. The summed E-state index contributed by atoms with van der Waals surface area (Å²) in [7, 11) is 0. The van der Waals surface area contributed by atoms with Crippen molar-refractivity contribution in [2.75, 3.05) is 0 Å². The van der Waals surface area contributed by atoms with Crippen molar-refractivity contribution >= 4 is 45.2 Å². The summed E-state index contributed by atoms with van der Waals surface area (Å²) in [4.78, 5) is 0. The second-order valence-corrected chi connectivity index (χ2v) is 5.36. The van der Waals surface area contributed by atoms with Crippen LogP contribution in [-0.2, 0) is 0 Å². The van der Waals surface area contributed by atoms with E-state index in [2.05, 4.69) is 45.2 Å². The number of hydrogen-bond acceptors (Lipinski definition) is 0. The minimum absolute atomic E-state index is 0.176. The van der Waals surface area contributed by atoms with Crippen LogP contribution in [0.4, 0.5) is 8.78 Å². The average molecular weight is 444 g/mol. The molecule has 0 amide bonds. The molecule has 0 nitrogen and oxygen atoms in total. The fourth-order valence-electron chi connectivity index (χ4n) is 0.859. The summed E-state index contributed by atoms with van der Waals surface area (Å²) in [5.74, 6) is -0.351. The van der Waals surface area contributed by atoms with Crippen molar-refractivity contribution in [1.82, 2.24) is 0 Å². The molecular formula is C12H8F2I2. The van der Waals surface area contributed by atoms with E-state index in [-0.39, 0.29) is 11.6 Å². The van der Waals surface area contributed by atoms with Gasteiger partial charge in [0.1, 0.15) is 11.6 Å². The molecule has 84 valence electrons. The molecule has 2 aromatic rings. The van der Waals surface area contributed by atoms with Crippen LogP contribution in [-0.4, -0.2) is 0 Å². The third kappa shape index (κ3) is 5.74. The van der Waals surface area contributed by atoms with Crippen LogP contribution < -0.4 is 0 Å². The fraction of sp³-hybridized carbons (Fsp3) is 0. The largest absolute Gasteiger partial charge is 0.207 e. The van der Waals surface area contributed by atoms with Gasteiger partial charge in [-0.25, -0.2) is 8.78 Å². The predicted molar refractivity (Wildman–Crippen MR) is 78.2 cm³/mol. The van der Waals surface area contributed by atoms with Gasteiger partial charge < -0.3 is 0 Å². The minimum Gasteiger partial charge on any atom is -0.207 e. The Morgan fingerprint density at radius 1 is 0.562 bits per heavy atom. The third-order valence-electron chi connectivity index (χ3n) is 1.61. The van der Waals surface area contributed by atoms with E-state index in [0.717, 1.165) is 7.14 Å². The van der Waals surface area contributed by atoms with E-state index in [9.17, 15) is 8.78 Å². The lowest BCUT2D eigenvalue weighted by Crippen LogP contribution is -1.70. The van der Waals surface area contributed by atoms with Crippen LogP contribution in [0, 0.1) is 18.8 Å². The Labute approximate surface area is 120 Å². The smallest absolute Gasteiger partial charge is 0.123 e. The summed E-state index contributed by atoms with van der Waals surface area (Å²) < 4.78 is 26.3. The van der Waals surface area contributed by atoms with Crippen LogP contribution >= 0.6 is 45.2 Å². The highest BCUT2D eigenvalue weighted by atomic mass is 127. The van der Waals surface area contributed by atoms with E-state index in [1.54, 1.807) is 24.3 Å². The maximum Gasteiger partial charge on any atom is 0.123 e. The SMILES string of the molecule is Fc1ccc(I)cc1.Fc1ccc(I)cc1. The maximum absolute atomic E-state index is 12.1. The second-order valence-electron chi connectivity index (χ2n) is 2.87. The van der Waals surface area contributed by atoms with Crippen molar-refractivity contribution in [3.05, 3.63) is 67.3 Å². The van der Waals surface area contributed by atoms with Crippen LogP contribution in [0.2, 0.25) is 0 Å². The van der Waals surface area contributed by atoms with E-state index < -0.39 is 0 Å². The van der Waals surface area contributed by atoms with Crippen molar-refractivity contribution in [2.45, 2.75) is 0 Å². The van der Waals surface area contributed by atoms with E-state index in [1.165, 1.54) is 24.3 Å². The van der Waals surface area contributed by atoms with Gasteiger partial charge in [-0.3, -0.25) is 0 Å². The maximum atomic E-state index is 12.1. The van der Waals surface area contributed by atoms with Gasteiger partial charge in [-0.15, -0.1) is 0 Å². The first-order chi connectivity index (χ1) is 7.58.